The number of ether oxygens (including phenoxy) is 2. The molecule has 0 bridgehead atoms. The van der Waals surface area contributed by atoms with Crippen LogP contribution in [0.2, 0.25) is 0 Å². The Kier molecular flexibility index (Phi) is 2.41. The number of fused-ring (bicyclic) bond motifs is 1. The summed E-state index contributed by atoms with van der Waals surface area (Å²) in [7, 11) is 1.27. The highest BCUT2D eigenvalue weighted by Crippen LogP contribution is 2.27. The molecule has 0 saturated heterocycles. The Morgan fingerprint density at radius 2 is 2.20 bits per heavy atom. The molecule has 0 fully saturated rings. The van der Waals surface area contributed by atoms with E-state index in [2.05, 4.69) is 4.74 Å². The van der Waals surface area contributed by atoms with Gasteiger partial charge in [-0.3, -0.25) is 4.79 Å². The molecule has 1 aliphatic heterocycles. The maximum atomic E-state index is 11.6. The van der Waals surface area contributed by atoms with E-state index in [1.54, 1.807) is 24.3 Å². The van der Waals surface area contributed by atoms with Crippen molar-refractivity contribution in [2.24, 2.45) is 0 Å². The van der Waals surface area contributed by atoms with Gasteiger partial charge in [0.15, 0.2) is 5.78 Å². The van der Waals surface area contributed by atoms with E-state index in [9.17, 15) is 9.59 Å². The van der Waals surface area contributed by atoms with Crippen LogP contribution in [-0.4, -0.2) is 25.0 Å². The number of benzene rings is 1. The van der Waals surface area contributed by atoms with Crippen molar-refractivity contribution in [1.29, 1.82) is 0 Å². The molecule has 1 aromatic rings. The molecule has 78 valence electrons. The summed E-state index contributed by atoms with van der Waals surface area (Å²) < 4.78 is 9.90. The van der Waals surface area contributed by atoms with Gasteiger partial charge >= 0.3 is 5.97 Å². The van der Waals surface area contributed by atoms with Crippen molar-refractivity contribution in [3.05, 3.63) is 29.8 Å². The first-order chi connectivity index (χ1) is 7.22. The summed E-state index contributed by atoms with van der Waals surface area (Å²) in [6, 6.07) is 6.87. The predicted octanol–water partition coefficient (Wildman–Crippen LogP) is 1.19. The second-order valence-electron chi connectivity index (χ2n) is 3.25. The number of carbonyl (C=O) groups excluding carboxylic acids is 2. The molecule has 1 aromatic carbocycles. The predicted molar refractivity (Wildman–Crippen MR) is 51.8 cm³/mol. The summed E-state index contributed by atoms with van der Waals surface area (Å²) in [4.78, 5) is 22.9. The van der Waals surface area contributed by atoms with Gasteiger partial charge in [0.2, 0.25) is 6.10 Å². The standard InChI is InChI=1S/C11H10O4/c1-14-11(13)10-6-8(12)7-4-2-3-5-9(7)15-10/h2-5,10H,6H2,1H3/t10-/m0/s1. The number of Topliss-reactive ketones (excluding diaryl/α,β-unsaturated/α-hetero) is 1. The first-order valence-corrected chi connectivity index (χ1v) is 4.59. The normalized spacial score (nSPS) is 19.0. The van der Waals surface area contributed by atoms with Crippen LogP contribution in [0.15, 0.2) is 24.3 Å². The highest BCUT2D eigenvalue weighted by atomic mass is 16.6. The van der Waals surface area contributed by atoms with E-state index in [1.165, 1.54) is 7.11 Å². The number of carbonyl (C=O) groups is 2. The Morgan fingerprint density at radius 1 is 1.47 bits per heavy atom. The van der Waals surface area contributed by atoms with Crippen LogP contribution in [0, 0.1) is 0 Å². The third kappa shape index (κ3) is 1.70. The Balaban J connectivity index is 2.30. The Bertz CT molecular complexity index is 411. The van der Waals surface area contributed by atoms with Gasteiger partial charge in [-0.1, -0.05) is 12.1 Å². The molecule has 0 aliphatic carbocycles. The van der Waals surface area contributed by atoms with E-state index < -0.39 is 12.1 Å². The highest BCUT2D eigenvalue weighted by molar-refractivity contribution is 6.02. The van der Waals surface area contributed by atoms with Gasteiger partial charge in [-0.2, -0.15) is 0 Å². The lowest BCUT2D eigenvalue weighted by Crippen LogP contribution is -2.34. The molecule has 1 aliphatic rings. The third-order valence-corrected chi connectivity index (χ3v) is 2.29. The van der Waals surface area contributed by atoms with Crippen molar-refractivity contribution >= 4 is 11.8 Å². The Morgan fingerprint density at radius 3 is 2.93 bits per heavy atom. The van der Waals surface area contributed by atoms with Crippen LogP contribution in [0.5, 0.6) is 5.75 Å². The van der Waals surface area contributed by atoms with E-state index in [0.29, 0.717) is 11.3 Å². The van der Waals surface area contributed by atoms with Gasteiger partial charge < -0.3 is 9.47 Å². The number of hydrogen-bond donors (Lipinski definition) is 0. The number of rotatable bonds is 1. The zero-order valence-electron chi connectivity index (χ0n) is 8.23. The van der Waals surface area contributed by atoms with Crippen LogP contribution in [0.3, 0.4) is 0 Å². The van der Waals surface area contributed by atoms with Crippen molar-refractivity contribution in [1.82, 2.24) is 0 Å². The Labute approximate surface area is 86.8 Å². The summed E-state index contributed by atoms with van der Waals surface area (Å²) in [5.74, 6) is -0.158. The average Bonchev–Trinajstić information content (AvgIpc) is 2.28. The molecule has 0 amide bonds. The van der Waals surface area contributed by atoms with Gasteiger partial charge in [0, 0.05) is 0 Å². The molecular formula is C11H10O4. The van der Waals surface area contributed by atoms with E-state index in [0.717, 1.165) is 0 Å². The van der Waals surface area contributed by atoms with E-state index >= 15 is 0 Å². The number of methoxy groups -OCH3 is 1. The molecule has 0 radical (unpaired) electrons. The summed E-state index contributed by atoms with van der Waals surface area (Å²) in [5.41, 5.74) is 0.526. The van der Waals surface area contributed by atoms with E-state index in [4.69, 9.17) is 4.74 Å². The quantitative estimate of drug-likeness (QED) is 0.648. The largest absolute Gasteiger partial charge is 0.477 e. The molecule has 2 rings (SSSR count). The second-order valence-corrected chi connectivity index (χ2v) is 3.25. The molecule has 0 saturated carbocycles. The first-order valence-electron chi connectivity index (χ1n) is 4.59. The minimum atomic E-state index is -0.808. The fourth-order valence-corrected chi connectivity index (χ4v) is 1.54. The van der Waals surface area contributed by atoms with Crippen LogP contribution >= 0.6 is 0 Å². The lowest BCUT2D eigenvalue weighted by Gasteiger charge is -2.22. The van der Waals surface area contributed by atoms with Crippen LogP contribution in [-0.2, 0) is 9.53 Å². The van der Waals surface area contributed by atoms with Crippen molar-refractivity contribution < 1.29 is 19.1 Å². The monoisotopic (exact) mass is 206 g/mol. The third-order valence-electron chi connectivity index (χ3n) is 2.29. The van der Waals surface area contributed by atoms with Gasteiger partial charge in [-0.05, 0) is 12.1 Å². The van der Waals surface area contributed by atoms with Crippen molar-refractivity contribution in [2.45, 2.75) is 12.5 Å². The van der Waals surface area contributed by atoms with Gasteiger partial charge in [-0.25, -0.2) is 4.79 Å². The molecule has 4 nitrogen and oxygen atoms in total. The molecule has 0 unspecified atom stereocenters. The minimum Gasteiger partial charge on any atom is -0.477 e. The highest BCUT2D eigenvalue weighted by Gasteiger charge is 2.31. The number of ketones is 1. The maximum Gasteiger partial charge on any atom is 0.347 e. The lowest BCUT2D eigenvalue weighted by atomic mass is 10.0. The first kappa shape index (κ1) is 9.71. The van der Waals surface area contributed by atoms with E-state index in [-0.39, 0.29) is 12.2 Å². The summed E-state index contributed by atoms with van der Waals surface area (Å²) in [6.07, 6.45) is -0.763. The minimum absolute atomic E-state index is 0.0453. The van der Waals surface area contributed by atoms with Crippen molar-refractivity contribution in [3.63, 3.8) is 0 Å². The van der Waals surface area contributed by atoms with Crippen LogP contribution in [0.25, 0.3) is 0 Å². The van der Waals surface area contributed by atoms with Crippen molar-refractivity contribution in [3.8, 4) is 5.75 Å². The molecule has 4 heteroatoms. The smallest absolute Gasteiger partial charge is 0.347 e. The van der Waals surface area contributed by atoms with Crippen molar-refractivity contribution in [2.75, 3.05) is 7.11 Å². The fourth-order valence-electron chi connectivity index (χ4n) is 1.54. The van der Waals surface area contributed by atoms with Crippen LogP contribution < -0.4 is 4.74 Å². The Hall–Kier alpha value is -1.84. The molecule has 15 heavy (non-hydrogen) atoms. The van der Waals surface area contributed by atoms with Gasteiger partial charge in [0.1, 0.15) is 5.75 Å². The molecular weight excluding hydrogens is 196 g/mol. The van der Waals surface area contributed by atoms with Gasteiger partial charge in [0.05, 0.1) is 19.1 Å². The zero-order valence-corrected chi connectivity index (χ0v) is 8.23. The number of para-hydroxylation sites is 1. The summed E-state index contributed by atoms with van der Waals surface area (Å²) in [6.45, 7) is 0. The van der Waals surface area contributed by atoms with Crippen LogP contribution in [0.1, 0.15) is 16.8 Å². The van der Waals surface area contributed by atoms with Crippen LogP contribution in [0.4, 0.5) is 0 Å². The molecule has 1 heterocycles. The maximum absolute atomic E-state index is 11.6. The second kappa shape index (κ2) is 3.73. The summed E-state index contributed by atoms with van der Waals surface area (Å²) in [5, 5.41) is 0. The number of esters is 1. The van der Waals surface area contributed by atoms with Gasteiger partial charge in [0.25, 0.3) is 0 Å². The number of hydrogen-bond acceptors (Lipinski definition) is 4. The average molecular weight is 206 g/mol. The zero-order chi connectivity index (χ0) is 10.8. The fraction of sp³-hybridized carbons (Fsp3) is 0.273. The molecule has 0 aromatic heterocycles. The SMILES string of the molecule is COC(=O)[C@@H]1CC(=O)c2ccccc2O1. The lowest BCUT2D eigenvalue weighted by molar-refractivity contribution is -0.148. The molecule has 1 atom stereocenters. The molecule has 0 N–H and O–H groups in total. The summed E-state index contributed by atoms with van der Waals surface area (Å²) >= 11 is 0. The topological polar surface area (TPSA) is 52.6 Å². The molecule has 0 spiro atoms. The van der Waals surface area contributed by atoms with Gasteiger partial charge in [-0.15, -0.1) is 0 Å². The van der Waals surface area contributed by atoms with E-state index in [1.807, 2.05) is 0 Å².